The molecule has 0 aliphatic rings. The van der Waals surface area contributed by atoms with E-state index in [1.54, 1.807) is 0 Å². The fourth-order valence-corrected chi connectivity index (χ4v) is 2.74. The van der Waals surface area contributed by atoms with Crippen LogP contribution in [0.4, 0.5) is 0 Å². The first-order valence-corrected chi connectivity index (χ1v) is 8.26. The topological polar surface area (TPSA) is 12.0 Å². The highest BCUT2D eigenvalue weighted by Gasteiger charge is 2.09. The summed E-state index contributed by atoms with van der Waals surface area (Å²) in [6.07, 6.45) is 5.02. The van der Waals surface area contributed by atoms with Crippen LogP contribution in [0, 0.1) is 0 Å². The maximum Gasteiger partial charge on any atom is 0.0320 e. The summed E-state index contributed by atoms with van der Waals surface area (Å²) in [6, 6.07) is 9.64. The first-order valence-electron chi connectivity index (χ1n) is 7.27. The lowest BCUT2D eigenvalue weighted by molar-refractivity contribution is 0.481. The minimum atomic E-state index is 0.533. The van der Waals surface area contributed by atoms with Crippen molar-refractivity contribution < 1.29 is 0 Å². The third kappa shape index (κ3) is 5.45. The van der Waals surface area contributed by atoms with Crippen LogP contribution < -0.4 is 5.32 Å². The Morgan fingerprint density at radius 2 is 1.78 bits per heavy atom. The minimum absolute atomic E-state index is 0.533. The molecule has 1 unspecified atom stereocenters. The number of rotatable bonds is 9. The molecule has 1 atom stereocenters. The predicted molar refractivity (Wildman–Crippen MR) is 83.4 cm³/mol. The van der Waals surface area contributed by atoms with E-state index in [-0.39, 0.29) is 0 Å². The summed E-state index contributed by atoms with van der Waals surface area (Å²) in [4.78, 5) is 1.38. The van der Waals surface area contributed by atoms with E-state index in [2.05, 4.69) is 50.4 Å². The molecule has 1 aromatic carbocycles. The van der Waals surface area contributed by atoms with Gasteiger partial charge in [-0.2, -0.15) is 0 Å². The molecule has 0 fully saturated rings. The van der Waals surface area contributed by atoms with E-state index >= 15 is 0 Å². The molecule has 0 aromatic heterocycles. The van der Waals surface area contributed by atoms with E-state index in [1.165, 1.54) is 36.1 Å². The van der Waals surface area contributed by atoms with Gasteiger partial charge in [0, 0.05) is 10.9 Å². The number of hydrogen-bond donors (Lipinski definition) is 1. The number of benzene rings is 1. The molecule has 1 nitrogen and oxygen atoms in total. The van der Waals surface area contributed by atoms with Crippen molar-refractivity contribution in [3.63, 3.8) is 0 Å². The van der Waals surface area contributed by atoms with E-state index in [0.717, 1.165) is 12.3 Å². The Kier molecular flexibility index (Phi) is 8.19. The van der Waals surface area contributed by atoms with E-state index in [1.807, 2.05) is 11.8 Å². The third-order valence-electron chi connectivity index (χ3n) is 3.08. The third-order valence-corrected chi connectivity index (χ3v) is 3.97. The van der Waals surface area contributed by atoms with Gasteiger partial charge >= 0.3 is 0 Å². The van der Waals surface area contributed by atoms with Gasteiger partial charge in [0.05, 0.1) is 0 Å². The Morgan fingerprint density at radius 3 is 2.33 bits per heavy atom. The maximum absolute atomic E-state index is 3.67. The second-order valence-electron chi connectivity index (χ2n) is 4.65. The molecule has 1 aromatic rings. The van der Waals surface area contributed by atoms with Gasteiger partial charge in [0.2, 0.25) is 0 Å². The maximum atomic E-state index is 3.67. The van der Waals surface area contributed by atoms with Crippen LogP contribution in [0.25, 0.3) is 0 Å². The van der Waals surface area contributed by atoms with Crippen LogP contribution in [0.3, 0.4) is 0 Å². The fraction of sp³-hybridized carbons (Fsp3) is 0.625. The summed E-state index contributed by atoms with van der Waals surface area (Å²) < 4.78 is 0. The van der Waals surface area contributed by atoms with Crippen LogP contribution in [-0.4, -0.2) is 12.3 Å². The quantitative estimate of drug-likeness (QED) is 0.628. The standard InChI is InChI=1S/C16H27NS/c1-4-7-8-16(17-13-5-2)14-9-11-15(12-10-14)18-6-3/h9-12,16-17H,4-8,13H2,1-3H3. The largest absolute Gasteiger partial charge is 0.310 e. The van der Waals surface area contributed by atoms with Gasteiger partial charge in [0.25, 0.3) is 0 Å². The molecular formula is C16H27NS. The molecule has 102 valence electrons. The van der Waals surface area contributed by atoms with E-state index in [4.69, 9.17) is 0 Å². The lowest BCUT2D eigenvalue weighted by Gasteiger charge is -2.19. The molecule has 0 radical (unpaired) electrons. The molecular weight excluding hydrogens is 238 g/mol. The van der Waals surface area contributed by atoms with E-state index in [9.17, 15) is 0 Å². The Bertz CT molecular complexity index is 299. The first-order chi connectivity index (χ1) is 8.81. The number of unbranched alkanes of at least 4 members (excludes halogenated alkanes) is 1. The molecule has 0 aliphatic heterocycles. The molecule has 18 heavy (non-hydrogen) atoms. The predicted octanol–water partition coefficient (Wildman–Crippen LogP) is 5.03. The molecule has 2 heteroatoms. The van der Waals surface area contributed by atoms with Gasteiger partial charge in [-0.1, -0.05) is 45.7 Å². The molecule has 0 aliphatic carbocycles. The normalized spacial score (nSPS) is 12.6. The van der Waals surface area contributed by atoms with Crippen molar-refractivity contribution >= 4 is 11.8 Å². The van der Waals surface area contributed by atoms with Crippen molar-refractivity contribution in [2.75, 3.05) is 12.3 Å². The van der Waals surface area contributed by atoms with Gasteiger partial charge in [-0.15, -0.1) is 11.8 Å². The van der Waals surface area contributed by atoms with Crippen molar-refractivity contribution in [2.24, 2.45) is 0 Å². The number of nitrogens with one attached hydrogen (secondary N) is 1. The van der Waals surface area contributed by atoms with Crippen LogP contribution in [0.1, 0.15) is 58.1 Å². The Balaban J connectivity index is 2.64. The Labute approximate surface area is 117 Å². The van der Waals surface area contributed by atoms with Gasteiger partial charge in [-0.25, -0.2) is 0 Å². The monoisotopic (exact) mass is 265 g/mol. The number of thioether (sulfide) groups is 1. The molecule has 0 saturated heterocycles. The van der Waals surface area contributed by atoms with Gasteiger partial charge in [-0.05, 0) is 42.8 Å². The molecule has 0 heterocycles. The molecule has 0 spiro atoms. The van der Waals surface area contributed by atoms with Crippen molar-refractivity contribution in [3.8, 4) is 0 Å². The van der Waals surface area contributed by atoms with E-state index < -0.39 is 0 Å². The summed E-state index contributed by atoms with van der Waals surface area (Å²) >= 11 is 1.91. The zero-order valence-corrected chi connectivity index (χ0v) is 12.9. The van der Waals surface area contributed by atoms with Gasteiger partial charge < -0.3 is 5.32 Å². The lowest BCUT2D eigenvalue weighted by Crippen LogP contribution is -2.22. The van der Waals surface area contributed by atoms with E-state index in [0.29, 0.717) is 6.04 Å². The SMILES string of the molecule is CCCCC(NCCC)c1ccc(SCC)cc1. The Hall–Kier alpha value is -0.470. The van der Waals surface area contributed by atoms with Gasteiger partial charge in [-0.3, -0.25) is 0 Å². The molecule has 0 bridgehead atoms. The van der Waals surface area contributed by atoms with Crippen LogP contribution in [-0.2, 0) is 0 Å². The van der Waals surface area contributed by atoms with Crippen molar-refractivity contribution in [3.05, 3.63) is 29.8 Å². The minimum Gasteiger partial charge on any atom is -0.310 e. The average Bonchev–Trinajstić information content (AvgIpc) is 2.41. The van der Waals surface area contributed by atoms with Crippen molar-refractivity contribution in [2.45, 2.75) is 57.4 Å². The molecule has 1 rings (SSSR count). The van der Waals surface area contributed by atoms with Gasteiger partial charge in [0.1, 0.15) is 0 Å². The summed E-state index contributed by atoms with van der Waals surface area (Å²) in [5.74, 6) is 1.15. The fourth-order valence-electron chi connectivity index (χ4n) is 2.08. The zero-order valence-electron chi connectivity index (χ0n) is 12.0. The van der Waals surface area contributed by atoms with Crippen molar-refractivity contribution in [1.82, 2.24) is 5.32 Å². The van der Waals surface area contributed by atoms with Gasteiger partial charge in [0.15, 0.2) is 0 Å². The van der Waals surface area contributed by atoms with Crippen LogP contribution >= 0.6 is 11.8 Å². The number of hydrogen-bond acceptors (Lipinski definition) is 2. The summed E-state index contributed by atoms with van der Waals surface area (Å²) in [5, 5.41) is 3.67. The van der Waals surface area contributed by atoms with Crippen LogP contribution in [0.15, 0.2) is 29.2 Å². The van der Waals surface area contributed by atoms with Crippen molar-refractivity contribution in [1.29, 1.82) is 0 Å². The highest BCUT2D eigenvalue weighted by Crippen LogP contribution is 2.23. The first kappa shape index (κ1) is 15.6. The second kappa shape index (κ2) is 9.46. The summed E-state index contributed by atoms with van der Waals surface area (Å²) in [6.45, 7) is 7.80. The highest BCUT2D eigenvalue weighted by molar-refractivity contribution is 7.99. The smallest absolute Gasteiger partial charge is 0.0320 e. The van der Waals surface area contributed by atoms with Crippen LogP contribution in [0.2, 0.25) is 0 Å². The summed E-state index contributed by atoms with van der Waals surface area (Å²) in [5.41, 5.74) is 1.44. The lowest BCUT2D eigenvalue weighted by atomic mass is 10.0. The Morgan fingerprint density at radius 1 is 1.06 bits per heavy atom. The second-order valence-corrected chi connectivity index (χ2v) is 5.99. The molecule has 0 amide bonds. The zero-order chi connectivity index (χ0) is 13.2. The molecule has 1 N–H and O–H groups in total. The average molecular weight is 265 g/mol. The highest BCUT2D eigenvalue weighted by atomic mass is 32.2. The van der Waals surface area contributed by atoms with Crippen LogP contribution in [0.5, 0.6) is 0 Å². The molecule has 0 saturated carbocycles. The summed E-state index contributed by atoms with van der Waals surface area (Å²) in [7, 11) is 0.